The molecule has 0 unspecified atom stereocenters. The molecule has 0 atom stereocenters. The average Bonchev–Trinajstić information content (AvgIpc) is 2.79. The first-order valence-electron chi connectivity index (χ1n) is 6.37. The maximum Gasteiger partial charge on any atom is 0.408 e. The molecule has 0 aliphatic carbocycles. The van der Waals surface area contributed by atoms with Crippen molar-refractivity contribution in [1.82, 2.24) is 5.32 Å². The molecule has 0 aliphatic heterocycles. The van der Waals surface area contributed by atoms with Crippen LogP contribution in [0.5, 0.6) is 0 Å². The summed E-state index contributed by atoms with van der Waals surface area (Å²) < 4.78 is 6.37. The SMILES string of the molecule is CC(C)(C)OC(=O)NCC#Cc1ccc2sccc2c1. The van der Waals surface area contributed by atoms with Gasteiger partial charge in [-0.15, -0.1) is 11.3 Å². The highest BCUT2D eigenvalue weighted by molar-refractivity contribution is 7.17. The smallest absolute Gasteiger partial charge is 0.408 e. The quantitative estimate of drug-likeness (QED) is 0.811. The fourth-order valence-corrected chi connectivity index (χ4v) is 2.39. The van der Waals surface area contributed by atoms with Crippen molar-refractivity contribution in [2.24, 2.45) is 0 Å². The van der Waals surface area contributed by atoms with Crippen LogP contribution in [-0.2, 0) is 4.74 Å². The van der Waals surface area contributed by atoms with E-state index in [1.165, 1.54) is 10.1 Å². The molecule has 0 saturated carbocycles. The van der Waals surface area contributed by atoms with Crippen LogP contribution >= 0.6 is 11.3 Å². The number of amides is 1. The number of fused-ring (bicyclic) bond motifs is 1. The molecule has 3 nitrogen and oxygen atoms in total. The fourth-order valence-electron chi connectivity index (χ4n) is 1.62. The molecule has 1 aromatic heterocycles. The van der Waals surface area contributed by atoms with E-state index in [1.807, 2.05) is 32.9 Å². The molecule has 0 radical (unpaired) electrons. The van der Waals surface area contributed by atoms with Gasteiger partial charge in [-0.05, 0) is 55.8 Å². The van der Waals surface area contributed by atoms with Crippen LogP contribution in [0.3, 0.4) is 0 Å². The first-order valence-corrected chi connectivity index (χ1v) is 7.25. The number of nitrogens with one attached hydrogen (secondary N) is 1. The van der Waals surface area contributed by atoms with E-state index < -0.39 is 11.7 Å². The fraction of sp³-hybridized carbons (Fsp3) is 0.312. The summed E-state index contributed by atoms with van der Waals surface area (Å²) in [5.41, 5.74) is 0.462. The van der Waals surface area contributed by atoms with E-state index in [4.69, 9.17) is 4.74 Å². The van der Waals surface area contributed by atoms with E-state index in [9.17, 15) is 4.79 Å². The lowest BCUT2D eigenvalue weighted by molar-refractivity contribution is 0.0535. The van der Waals surface area contributed by atoms with Gasteiger partial charge in [0.05, 0.1) is 6.54 Å². The number of thiophene rings is 1. The normalized spacial score (nSPS) is 10.8. The van der Waals surface area contributed by atoms with E-state index in [1.54, 1.807) is 11.3 Å². The second-order valence-corrected chi connectivity index (χ2v) is 6.28. The number of carbonyl (C=O) groups is 1. The van der Waals surface area contributed by atoms with Crippen LogP contribution in [0.1, 0.15) is 26.3 Å². The molecule has 2 aromatic rings. The standard InChI is InChI=1S/C16H17NO2S/c1-16(2,3)19-15(18)17-9-4-5-12-6-7-14-13(11-12)8-10-20-14/h6-8,10-11H,9H2,1-3H3,(H,17,18). The summed E-state index contributed by atoms with van der Waals surface area (Å²) in [5, 5.41) is 5.87. The molecule has 1 heterocycles. The van der Waals surface area contributed by atoms with Gasteiger partial charge in [-0.2, -0.15) is 0 Å². The Kier molecular flexibility index (Phi) is 4.31. The first-order chi connectivity index (χ1) is 9.44. The molecule has 4 heteroatoms. The minimum absolute atomic E-state index is 0.274. The van der Waals surface area contributed by atoms with Gasteiger partial charge in [0.25, 0.3) is 0 Å². The van der Waals surface area contributed by atoms with Gasteiger partial charge in [0, 0.05) is 10.3 Å². The van der Waals surface area contributed by atoms with E-state index >= 15 is 0 Å². The number of carbonyl (C=O) groups excluding carboxylic acids is 1. The van der Waals surface area contributed by atoms with E-state index in [-0.39, 0.29) is 6.54 Å². The molecule has 20 heavy (non-hydrogen) atoms. The lowest BCUT2D eigenvalue weighted by Crippen LogP contribution is -2.32. The second kappa shape index (κ2) is 5.98. The van der Waals surface area contributed by atoms with Gasteiger partial charge in [0.2, 0.25) is 0 Å². The lowest BCUT2D eigenvalue weighted by Gasteiger charge is -2.18. The van der Waals surface area contributed by atoms with Gasteiger partial charge in [-0.1, -0.05) is 11.8 Å². The molecule has 0 spiro atoms. The summed E-state index contributed by atoms with van der Waals surface area (Å²) in [4.78, 5) is 11.4. The number of hydrogen-bond acceptors (Lipinski definition) is 3. The van der Waals surface area contributed by atoms with Gasteiger partial charge in [0.1, 0.15) is 5.60 Å². The van der Waals surface area contributed by atoms with Crippen LogP contribution in [0.4, 0.5) is 4.79 Å². The van der Waals surface area contributed by atoms with Crippen molar-refractivity contribution < 1.29 is 9.53 Å². The van der Waals surface area contributed by atoms with Crippen LogP contribution in [0, 0.1) is 11.8 Å². The molecule has 0 aliphatic rings. The average molecular weight is 287 g/mol. The second-order valence-electron chi connectivity index (χ2n) is 5.33. The lowest BCUT2D eigenvalue weighted by atomic mass is 10.2. The zero-order valence-corrected chi connectivity index (χ0v) is 12.6. The molecule has 1 N–H and O–H groups in total. The Morgan fingerprint density at radius 3 is 2.90 bits per heavy atom. The zero-order chi connectivity index (χ0) is 14.6. The summed E-state index contributed by atoms with van der Waals surface area (Å²) in [6, 6.07) is 8.17. The molecule has 0 bridgehead atoms. The topological polar surface area (TPSA) is 38.3 Å². The minimum atomic E-state index is -0.485. The molecule has 1 aromatic carbocycles. The highest BCUT2D eigenvalue weighted by atomic mass is 32.1. The highest BCUT2D eigenvalue weighted by Crippen LogP contribution is 2.21. The highest BCUT2D eigenvalue weighted by Gasteiger charge is 2.14. The van der Waals surface area contributed by atoms with Crippen LogP contribution in [0.2, 0.25) is 0 Å². The number of ether oxygens (including phenoxy) is 1. The molecule has 1 amide bonds. The largest absolute Gasteiger partial charge is 0.444 e. The molecule has 104 valence electrons. The predicted molar refractivity (Wildman–Crippen MR) is 82.9 cm³/mol. The Labute approximate surface area is 122 Å². The van der Waals surface area contributed by atoms with Crippen LogP contribution in [-0.4, -0.2) is 18.2 Å². The Bertz CT molecular complexity index is 671. The molecule has 2 rings (SSSR count). The maximum atomic E-state index is 11.4. The van der Waals surface area contributed by atoms with Crippen molar-refractivity contribution in [3.05, 3.63) is 35.2 Å². The maximum absolute atomic E-state index is 11.4. The van der Waals surface area contributed by atoms with Crippen molar-refractivity contribution in [3.8, 4) is 11.8 Å². The third kappa shape index (κ3) is 4.29. The van der Waals surface area contributed by atoms with Gasteiger partial charge < -0.3 is 10.1 Å². The van der Waals surface area contributed by atoms with Crippen LogP contribution in [0.15, 0.2) is 29.6 Å². The summed E-state index contributed by atoms with van der Waals surface area (Å²) in [5.74, 6) is 5.95. The Hall–Kier alpha value is -1.99. The molecule has 0 saturated heterocycles. The van der Waals surface area contributed by atoms with E-state index in [0.717, 1.165) is 5.56 Å². The Morgan fingerprint density at radius 1 is 1.35 bits per heavy atom. The Balaban J connectivity index is 1.89. The third-order valence-corrected chi connectivity index (χ3v) is 3.30. The van der Waals surface area contributed by atoms with E-state index in [0.29, 0.717) is 0 Å². The number of alkyl carbamates (subject to hydrolysis) is 1. The van der Waals surface area contributed by atoms with Gasteiger partial charge in [-0.25, -0.2) is 4.79 Å². The predicted octanol–water partition coefficient (Wildman–Crippen LogP) is 3.78. The Morgan fingerprint density at radius 2 is 2.15 bits per heavy atom. The summed E-state index contributed by atoms with van der Waals surface area (Å²) in [7, 11) is 0. The monoisotopic (exact) mass is 287 g/mol. The summed E-state index contributed by atoms with van der Waals surface area (Å²) in [6.07, 6.45) is -0.444. The van der Waals surface area contributed by atoms with Crippen LogP contribution < -0.4 is 5.32 Å². The van der Waals surface area contributed by atoms with Gasteiger partial charge >= 0.3 is 6.09 Å². The minimum Gasteiger partial charge on any atom is -0.444 e. The van der Waals surface area contributed by atoms with Gasteiger partial charge in [0.15, 0.2) is 0 Å². The third-order valence-electron chi connectivity index (χ3n) is 2.41. The summed E-state index contributed by atoms with van der Waals surface area (Å²) in [6.45, 7) is 5.76. The summed E-state index contributed by atoms with van der Waals surface area (Å²) >= 11 is 1.71. The molecular formula is C16H17NO2S. The number of benzene rings is 1. The van der Waals surface area contributed by atoms with Crippen LogP contribution in [0.25, 0.3) is 10.1 Å². The number of hydrogen-bond donors (Lipinski definition) is 1. The van der Waals surface area contributed by atoms with Crippen molar-refractivity contribution in [2.75, 3.05) is 6.54 Å². The number of rotatable bonds is 1. The van der Waals surface area contributed by atoms with Crippen molar-refractivity contribution in [1.29, 1.82) is 0 Å². The zero-order valence-electron chi connectivity index (χ0n) is 11.8. The van der Waals surface area contributed by atoms with Gasteiger partial charge in [-0.3, -0.25) is 0 Å². The first kappa shape index (κ1) is 14.4. The van der Waals surface area contributed by atoms with Crippen molar-refractivity contribution in [2.45, 2.75) is 26.4 Å². The van der Waals surface area contributed by atoms with Crippen molar-refractivity contribution in [3.63, 3.8) is 0 Å². The van der Waals surface area contributed by atoms with E-state index in [2.05, 4.69) is 34.7 Å². The van der Waals surface area contributed by atoms with Crippen molar-refractivity contribution >= 4 is 27.5 Å². The molecular weight excluding hydrogens is 270 g/mol. The molecule has 0 fully saturated rings.